The standard InChI is InChI=1S/C13H15ClN2S/c1-16-6-5-8-3-2-4-9-11(8)12(13(16)14)10(7-15)17-9/h2-4,13H,5-7,15H2,1H3. The predicted molar refractivity (Wildman–Crippen MR) is 74.6 cm³/mol. The second kappa shape index (κ2) is 4.25. The first-order valence-electron chi connectivity index (χ1n) is 5.80. The number of benzene rings is 1. The summed E-state index contributed by atoms with van der Waals surface area (Å²) in [5, 5.41) is 1.35. The largest absolute Gasteiger partial charge is 0.326 e. The van der Waals surface area contributed by atoms with Crippen molar-refractivity contribution in [2.45, 2.75) is 18.5 Å². The number of alkyl halides is 1. The van der Waals surface area contributed by atoms with Crippen molar-refractivity contribution in [3.8, 4) is 0 Å². The molecular weight excluding hydrogens is 252 g/mol. The fourth-order valence-electron chi connectivity index (χ4n) is 2.54. The Morgan fingerprint density at radius 2 is 2.35 bits per heavy atom. The Balaban J connectivity index is 2.36. The molecule has 1 aromatic heterocycles. The average molecular weight is 267 g/mol. The smallest absolute Gasteiger partial charge is 0.112 e. The number of rotatable bonds is 1. The molecule has 2 nitrogen and oxygen atoms in total. The van der Waals surface area contributed by atoms with Crippen LogP contribution in [0.3, 0.4) is 0 Å². The number of hydrogen-bond donors (Lipinski definition) is 1. The molecule has 2 aromatic rings. The van der Waals surface area contributed by atoms with E-state index in [9.17, 15) is 0 Å². The number of likely N-dealkylation sites (N-methyl/N-ethyl adjacent to an activating group) is 1. The van der Waals surface area contributed by atoms with Crippen LogP contribution in [0, 0.1) is 0 Å². The second-order valence-electron chi connectivity index (χ2n) is 4.50. The lowest BCUT2D eigenvalue weighted by Crippen LogP contribution is -2.22. The molecule has 1 atom stereocenters. The summed E-state index contributed by atoms with van der Waals surface area (Å²) >= 11 is 8.35. The van der Waals surface area contributed by atoms with Gasteiger partial charge in [-0.3, -0.25) is 4.90 Å². The molecule has 1 aliphatic heterocycles. The highest BCUT2D eigenvalue weighted by Crippen LogP contribution is 2.42. The average Bonchev–Trinajstić information content (AvgIpc) is 2.67. The van der Waals surface area contributed by atoms with Gasteiger partial charge in [-0.2, -0.15) is 0 Å². The first-order chi connectivity index (χ1) is 8.22. The predicted octanol–water partition coefficient (Wildman–Crippen LogP) is 3.09. The molecule has 3 rings (SSSR count). The molecule has 90 valence electrons. The van der Waals surface area contributed by atoms with Crippen molar-refractivity contribution >= 4 is 33.0 Å². The molecule has 0 spiro atoms. The van der Waals surface area contributed by atoms with Crippen molar-refractivity contribution in [1.29, 1.82) is 0 Å². The van der Waals surface area contributed by atoms with Gasteiger partial charge in [0.05, 0.1) is 0 Å². The fraction of sp³-hybridized carbons (Fsp3) is 0.385. The zero-order valence-corrected chi connectivity index (χ0v) is 11.3. The van der Waals surface area contributed by atoms with E-state index in [1.165, 1.54) is 26.1 Å². The van der Waals surface area contributed by atoms with Gasteiger partial charge in [0.25, 0.3) is 0 Å². The van der Waals surface area contributed by atoms with Crippen LogP contribution in [-0.4, -0.2) is 18.5 Å². The highest BCUT2D eigenvalue weighted by molar-refractivity contribution is 7.19. The maximum atomic E-state index is 6.57. The number of nitrogens with two attached hydrogens (primary N) is 1. The van der Waals surface area contributed by atoms with Crippen molar-refractivity contribution in [3.63, 3.8) is 0 Å². The molecule has 0 fully saturated rings. The van der Waals surface area contributed by atoms with Gasteiger partial charge in [0, 0.05) is 33.6 Å². The number of halogens is 1. The van der Waals surface area contributed by atoms with Crippen molar-refractivity contribution in [2.75, 3.05) is 13.6 Å². The van der Waals surface area contributed by atoms with Gasteiger partial charge in [-0.25, -0.2) is 0 Å². The van der Waals surface area contributed by atoms with Crippen LogP contribution in [0.1, 0.15) is 21.5 Å². The SMILES string of the molecule is CN1CCc2cccc3sc(CN)c(c23)C1Cl. The van der Waals surface area contributed by atoms with E-state index in [1.807, 2.05) is 0 Å². The van der Waals surface area contributed by atoms with Gasteiger partial charge in [0.2, 0.25) is 0 Å². The van der Waals surface area contributed by atoms with Gasteiger partial charge in [0.1, 0.15) is 5.50 Å². The summed E-state index contributed by atoms with van der Waals surface area (Å²) in [7, 11) is 2.08. The minimum atomic E-state index is -0.0500. The highest BCUT2D eigenvalue weighted by atomic mass is 35.5. The molecule has 0 aliphatic carbocycles. The topological polar surface area (TPSA) is 29.3 Å². The Morgan fingerprint density at radius 1 is 1.53 bits per heavy atom. The fourth-order valence-corrected chi connectivity index (χ4v) is 4.10. The summed E-state index contributed by atoms with van der Waals surface area (Å²) in [4.78, 5) is 3.42. The Morgan fingerprint density at radius 3 is 3.12 bits per heavy atom. The lowest BCUT2D eigenvalue weighted by Gasteiger charge is -2.20. The van der Waals surface area contributed by atoms with E-state index in [1.54, 1.807) is 11.3 Å². The molecule has 0 amide bonds. The van der Waals surface area contributed by atoms with Crippen molar-refractivity contribution in [2.24, 2.45) is 5.73 Å². The van der Waals surface area contributed by atoms with Gasteiger partial charge in [-0.1, -0.05) is 12.1 Å². The van der Waals surface area contributed by atoms with Crippen LogP contribution in [-0.2, 0) is 13.0 Å². The summed E-state index contributed by atoms with van der Waals surface area (Å²) in [5.41, 5.74) is 8.45. The zero-order chi connectivity index (χ0) is 12.0. The number of nitrogens with zero attached hydrogens (tertiary/aromatic N) is 1. The first-order valence-corrected chi connectivity index (χ1v) is 7.05. The molecule has 0 bridgehead atoms. The third kappa shape index (κ3) is 1.69. The van der Waals surface area contributed by atoms with E-state index in [0.29, 0.717) is 6.54 Å². The summed E-state index contributed by atoms with van der Waals surface area (Å²) in [6, 6.07) is 6.51. The van der Waals surface area contributed by atoms with Gasteiger partial charge in [-0.05, 0) is 25.1 Å². The summed E-state index contributed by atoms with van der Waals surface area (Å²) < 4.78 is 1.32. The van der Waals surface area contributed by atoms with Crippen LogP contribution in [0.15, 0.2) is 18.2 Å². The summed E-state index contributed by atoms with van der Waals surface area (Å²) in [6.45, 7) is 1.57. The van der Waals surface area contributed by atoms with E-state index < -0.39 is 0 Å². The molecule has 2 N–H and O–H groups in total. The van der Waals surface area contributed by atoms with Gasteiger partial charge in [0.15, 0.2) is 0 Å². The number of hydrogen-bond acceptors (Lipinski definition) is 3. The Hall–Kier alpha value is -0.610. The number of thiophene rings is 1. The van der Waals surface area contributed by atoms with Gasteiger partial charge < -0.3 is 5.73 Å². The Labute approximate surface area is 110 Å². The van der Waals surface area contributed by atoms with Crippen LogP contribution >= 0.6 is 22.9 Å². The Kier molecular flexibility index (Phi) is 2.87. The monoisotopic (exact) mass is 266 g/mol. The van der Waals surface area contributed by atoms with E-state index in [0.717, 1.165) is 13.0 Å². The molecule has 1 aliphatic rings. The van der Waals surface area contributed by atoms with Crippen molar-refractivity contribution < 1.29 is 0 Å². The van der Waals surface area contributed by atoms with Crippen molar-refractivity contribution in [3.05, 3.63) is 34.2 Å². The van der Waals surface area contributed by atoms with Crippen LogP contribution in [0.2, 0.25) is 0 Å². The highest BCUT2D eigenvalue weighted by Gasteiger charge is 2.26. The lowest BCUT2D eigenvalue weighted by molar-refractivity contribution is 0.321. The maximum absolute atomic E-state index is 6.57. The first kappa shape index (κ1) is 11.5. The maximum Gasteiger partial charge on any atom is 0.112 e. The molecule has 1 aromatic carbocycles. The molecular formula is C13H15ClN2S. The quantitative estimate of drug-likeness (QED) is 0.635. The lowest BCUT2D eigenvalue weighted by atomic mass is 10.0. The van der Waals surface area contributed by atoms with Crippen LogP contribution in [0.5, 0.6) is 0 Å². The molecule has 0 radical (unpaired) electrons. The molecule has 17 heavy (non-hydrogen) atoms. The van der Waals surface area contributed by atoms with Gasteiger partial charge in [-0.15, -0.1) is 22.9 Å². The van der Waals surface area contributed by atoms with E-state index in [4.69, 9.17) is 17.3 Å². The minimum absolute atomic E-state index is 0.0500. The van der Waals surface area contributed by atoms with Crippen LogP contribution < -0.4 is 5.73 Å². The Bertz CT molecular complexity index is 564. The summed E-state index contributed by atoms with van der Waals surface area (Å²) in [6.07, 6.45) is 1.06. The summed E-state index contributed by atoms with van der Waals surface area (Å²) in [5.74, 6) is 0. The third-order valence-electron chi connectivity index (χ3n) is 3.46. The zero-order valence-electron chi connectivity index (χ0n) is 9.74. The van der Waals surface area contributed by atoms with E-state index >= 15 is 0 Å². The second-order valence-corrected chi connectivity index (χ2v) is 6.05. The van der Waals surface area contributed by atoms with Crippen molar-refractivity contribution in [1.82, 2.24) is 4.90 Å². The molecule has 4 heteroatoms. The molecule has 2 heterocycles. The third-order valence-corrected chi connectivity index (χ3v) is 5.20. The van der Waals surface area contributed by atoms with Gasteiger partial charge >= 0.3 is 0 Å². The normalized spacial score (nSPS) is 20.8. The molecule has 1 unspecified atom stereocenters. The van der Waals surface area contributed by atoms with Crippen LogP contribution in [0.25, 0.3) is 10.1 Å². The molecule has 0 saturated heterocycles. The van der Waals surface area contributed by atoms with Crippen LogP contribution in [0.4, 0.5) is 0 Å². The van der Waals surface area contributed by atoms with E-state index in [-0.39, 0.29) is 5.50 Å². The van der Waals surface area contributed by atoms with E-state index in [2.05, 4.69) is 30.1 Å². The minimum Gasteiger partial charge on any atom is -0.326 e. The molecule has 0 saturated carbocycles.